The zero-order chi connectivity index (χ0) is 13.8. The van der Waals surface area contributed by atoms with E-state index in [1.165, 1.54) is 16.5 Å². The van der Waals surface area contributed by atoms with Gasteiger partial charge < -0.3 is 15.2 Å². The standard InChI is InChI=1S/C16H25N3/c1-12(2)16(19(3)4)11-17-10-13-6-5-7-15-14(13)8-9-18-15/h5-9,12,16-18H,10-11H2,1-4H3. The van der Waals surface area contributed by atoms with E-state index >= 15 is 0 Å². The predicted molar refractivity (Wildman–Crippen MR) is 82.3 cm³/mol. The Bertz CT molecular complexity index is 505. The molecular formula is C16H25N3. The molecule has 0 saturated heterocycles. The Balaban J connectivity index is 1.97. The van der Waals surface area contributed by atoms with Crippen molar-refractivity contribution in [1.29, 1.82) is 0 Å². The molecule has 1 aromatic carbocycles. The monoisotopic (exact) mass is 259 g/mol. The summed E-state index contributed by atoms with van der Waals surface area (Å²) >= 11 is 0. The van der Waals surface area contributed by atoms with Crippen molar-refractivity contribution in [2.24, 2.45) is 5.92 Å². The van der Waals surface area contributed by atoms with E-state index in [-0.39, 0.29) is 0 Å². The van der Waals surface area contributed by atoms with E-state index in [9.17, 15) is 0 Å². The second-order valence-corrected chi connectivity index (χ2v) is 5.76. The van der Waals surface area contributed by atoms with Crippen LogP contribution in [0.5, 0.6) is 0 Å². The van der Waals surface area contributed by atoms with Crippen LogP contribution in [0.25, 0.3) is 10.9 Å². The quantitative estimate of drug-likeness (QED) is 0.836. The van der Waals surface area contributed by atoms with Crippen molar-refractivity contribution in [3.05, 3.63) is 36.0 Å². The molecule has 0 amide bonds. The number of benzene rings is 1. The molecule has 3 heteroatoms. The van der Waals surface area contributed by atoms with Crippen LogP contribution in [-0.4, -0.2) is 36.6 Å². The van der Waals surface area contributed by atoms with E-state index in [4.69, 9.17) is 0 Å². The van der Waals surface area contributed by atoms with Gasteiger partial charge in [0.2, 0.25) is 0 Å². The van der Waals surface area contributed by atoms with Crippen LogP contribution >= 0.6 is 0 Å². The molecule has 1 heterocycles. The summed E-state index contributed by atoms with van der Waals surface area (Å²) < 4.78 is 0. The topological polar surface area (TPSA) is 31.1 Å². The van der Waals surface area contributed by atoms with Gasteiger partial charge in [-0.05, 0) is 37.7 Å². The summed E-state index contributed by atoms with van der Waals surface area (Å²) in [6.45, 7) is 6.50. The third-order valence-corrected chi connectivity index (χ3v) is 3.79. The third-order valence-electron chi connectivity index (χ3n) is 3.79. The second-order valence-electron chi connectivity index (χ2n) is 5.76. The normalized spacial score (nSPS) is 13.6. The number of likely N-dealkylation sites (N-methyl/N-ethyl adjacent to an activating group) is 1. The minimum Gasteiger partial charge on any atom is -0.361 e. The summed E-state index contributed by atoms with van der Waals surface area (Å²) in [4.78, 5) is 5.56. The van der Waals surface area contributed by atoms with Gasteiger partial charge in [0.05, 0.1) is 0 Å². The number of fused-ring (bicyclic) bond motifs is 1. The van der Waals surface area contributed by atoms with Crippen molar-refractivity contribution < 1.29 is 0 Å². The van der Waals surface area contributed by atoms with E-state index < -0.39 is 0 Å². The highest BCUT2D eigenvalue weighted by Crippen LogP contribution is 2.17. The molecule has 0 aliphatic rings. The Morgan fingerprint density at radius 1 is 1.21 bits per heavy atom. The van der Waals surface area contributed by atoms with Gasteiger partial charge in [0, 0.05) is 36.2 Å². The molecule has 1 atom stereocenters. The van der Waals surface area contributed by atoms with Gasteiger partial charge in [0.25, 0.3) is 0 Å². The lowest BCUT2D eigenvalue weighted by Gasteiger charge is -2.28. The summed E-state index contributed by atoms with van der Waals surface area (Å²) in [5, 5.41) is 4.91. The number of aromatic nitrogens is 1. The number of rotatable bonds is 6. The van der Waals surface area contributed by atoms with Crippen molar-refractivity contribution in [1.82, 2.24) is 15.2 Å². The molecule has 0 saturated carbocycles. The van der Waals surface area contributed by atoms with Crippen LogP contribution in [0.15, 0.2) is 30.5 Å². The first-order valence-electron chi connectivity index (χ1n) is 7.01. The average Bonchev–Trinajstić information content (AvgIpc) is 2.82. The summed E-state index contributed by atoms with van der Waals surface area (Å²) in [6, 6.07) is 9.16. The SMILES string of the molecule is CC(C)C(CNCc1cccc2[nH]ccc12)N(C)C. The van der Waals surface area contributed by atoms with Crippen molar-refractivity contribution >= 4 is 10.9 Å². The largest absolute Gasteiger partial charge is 0.361 e. The second kappa shape index (κ2) is 6.22. The van der Waals surface area contributed by atoms with E-state index in [1.54, 1.807) is 0 Å². The van der Waals surface area contributed by atoms with Gasteiger partial charge in [0.1, 0.15) is 0 Å². The zero-order valence-electron chi connectivity index (χ0n) is 12.4. The van der Waals surface area contributed by atoms with E-state index in [2.05, 4.69) is 67.4 Å². The van der Waals surface area contributed by atoms with Crippen molar-refractivity contribution in [2.75, 3.05) is 20.6 Å². The molecule has 0 aliphatic heterocycles. The summed E-state index contributed by atoms with van der Waals surface area (Å²) in [5.41, 5.74) is 2.58. The summed E-state index contributed by atoms with van der Waals surface area (Å²) in [6.07, 6.45) is 2.00. The summed E-state index contributed by atoms with van der Waals surface area (Å²) in [7, 11) is 4.30. The third kappa shape index (κ3) is 3.37. The van der Waals surface area contributed by atoms with Gasteiger partial charge in [-0.15, -0.1) is 0 Å². The van der Waals surface area contributed by atoms with Gasteiger partial charge >= 0.3 is 0 Å². The highest BCUT2D eigenvalue weighted by Gasteiger charge is 2.14. The van der Waals surface area contributed by atoms with Crippen LogP contribution in [0.2, 0.25) is 0 Å². The average molecular weight is 259 g/mol. The van der Waals surface area contributed by atoms with Crippen LogP contribution in [0, 0.1) is 5.92 Å². The Morgan fingerprint density at radius 2 is 2.00 bits per heavy atom. The van der Waals surface area contributed by atoms with Crippen molar-refractivity contribution in [2.45, 2.75) is 26.4 Å². The first kappa shape index (κ1) is 14.1. The lowest BCUT2D eigenvalue weighted by molar-refractivity contribution is 0.224. The first-order valence-corrected chi connectivity index (χ1v) is 7.01. The zero-order valence-corrected chi connectivity index (χ0v) is 12.4. The molecule has 19 heavy (non-hydrogen) atoms. The Kier molecular flexibility index (Phi) is 4.61. The van der Waals surface area contributed by atoms with E-state index in [0.717, 1.165) is 13.1 Å². The van der Waals surface area contributed by atoms with Gasteiger partial charge in [-0.2, -0.15) is 0 Å². The van der Waals surface area contributed by atoms with Crippen molar-refractivity contribution in [3.63, 3.8) is 0 Å². The van der Waals surface area contributed by atoms with Crippen LogP contribution in [0.4, 0.5) is 0 Å². The molecule has 104 valence electrons. The number of aromatic amines is 1. The molecule has 0 fully saturated rings. The fourth-order valence-corrected chi connectivity index (χ4v) is 2.67. The van der Waals surface area contributed by atoms with E-state index in [1.807, 2.05) is 6.20 Å². The molecule has 0 bridgehead atoms. The molecule has 2 rings (SSSR count). The Hall–Kier alpha value is -1.32. The van der Waals surface area contributed by atoms with Gasteiger partial charge in [-0.1, -0.05) is 26.0 Å². The molecule has 0 spiro atoms. The lowest BCUT2D eigenvalue weighted by atomic mass is 10.0. The number of H-pyrrole nitrogens is 1. The summed E-state index contributed by atoms with van der Waals surface area (Å²) in [5.74, 6) is 0.658. The smallest absolute Gasteiger partial charge is 0.0457 e. The molecule has 3 nitrogen and oxygen atoms in total. The van der Waals surface area contributed by atoms with Crippen LogP contribution < -0.4 is 5.32 Å². The van der Waals surface area contributed by atoms with E-state index in [0.29, 0.717) is 12.0 Å². The van der Waals surface area contributed by atoms with Crippen LogP contribution in [-0.2, 0) is 6.54 Å². The maximum absolute atomic E-state index is 3.59. The van der Waals surface area contributed by atoms with Crippen LogP contribution in [0.1, 0.15) is 19.4 Å². The Morgan fingerprint density at radius 3 is 2.68 bits per heavy atom. The van der Waals surface area contributed by atoms with Gasteiger partial charge in [0.15, 0.2) is 0 Å². The number of nitrogens with zero attached hydrogens (tertiary/aromatic N) is 1. The highest BCUT2D eigenvalue weighted by molar-refractivity contribution is 5.82. The Labute approximate surface area is 116 Å². The minimum atomic E-state index is 0.574. The van der Waals surface area contributed by atoms with Gasteiger partial charge in [-0.25, -0.2) is 0 Å². The number of hydrogen-bond acceptors (Lipinski definition) is 2. The molecule has 2 N–H and O–H groups in total. The predicted octanol–water partition coefficient (Wildman–Crippen LogP) is 2.84. The number of hydrogen-bond donors (Lipinski definition) is 2. The highest BCUT2D eigenvalue weighted by atomic mass is 15.1. The van der Waals surface area contributed by atoms with Crippen LogP contribution in [0.3, 0.4) is 0 Å². The molecule has 2 aromatic rings. The van der Waals surface area contributed by atoms with Gasteiger partial charge in [-0.3, -0.25) is 0 Å². The lowest BCUT2D eigenvalue weighted by Crippen LogP contribution is -2.41. The molecule has 0 radical (unpaired) electrons. The maximum atomic E-state index is 3.59. The minimum absolute atomic E-state index is 0.574. The molecule has 1 unspecified atom stereocenters. The number of nitrogens with one attached hydrogen (secondary N) is 2. The first-order chi connectivity index (χ1) is 9.09. The van der Waals surface area contributed by atoms with Crippen molar-refractivity contribution in [3.8, 4) is 0 Å². The fraction of sp³-hybridized carbons (Fsp3) is 0.500. The fourth-order valence-electron chi connectivity index (χ4n) is 2.67. The molecule has 1 aromatic heterocycles. The molecular weight excluding hydrogens is 234 g/mol. The maximum Gasteiger partial charge on any atom is 0.0457 e. The molecule has 0 aliphatic carbocycles.